The first kappa shape index (κ1) is 11.3. The molecule has 0 saturated heterocycles. The molecule has 0 spiro atoms. The van der Waals surface area contributed by atoms with Crippen LogP contribution in [0.15, 0.2) is 42.6 Å². The average Bonchev–Trinajstić information content (AvgIpc) is 2.39. The molecule has 0 aliphatic carbocycles. The molecule has 2 rings (SSSR count). The maximum atomic E-state index is 10.5. The van der Waals surface area contributed by atoms with E-state index in [4.69, 9.17) is 0 Å². The van der Waals surface area contributed by atoms with Gasteiger partial charge < -0.3 is 4.90 Å². The van der Waals surface area contributed by atoms with Gasteiger partial charge in [0.2, 0.25) is 0 Å². The van der Waals surface area contributed by atoms with E-state index in [2.05, 4.69) is 24.0 Å². The van der Waals surface area contributed by atoms with Crippen LogP contribution in [0, 0.1) is 6.92 Å². The van der Waals surface area contributed by atoms with Gasteiger partial charge in [0.25, 0.3) is 0 Å². The van der Waals surface area contributed by atoms with Gasteiger partial charge in [-0.3, -0.25) is 4.79 Å². The van der Waals surface area contributed by atoms with Crippen molar-refractivity contribution >= 4 is 17.8 Å². The SMILES string of the molecule is Cc1ccc(N(C)c2ccc(C=O)cn2)cc1. The van der Waals surface area contributed by atoms with Gasteiger partial charge in [0, 0.05) is 24.5 Å². The number of pyridine rings is 1. The minimum atomic E-state index is 0.589. The minimum Gasteiger partial charge on any atom is -0.329 e. The van der Waals surface area contributed by atoms with Crippen molar-refractivity contribution in [2.45, 2.75) is 6.92 Å². The molecule has 2 aromatic rings. The van der Waals surface area contributed by atoms with E-state index in [1.165, 1.54) is 5.56 Å². The fraction of sp³-hybridized carbons (Fsp3) is 0.143. The molecule has 0 unspecified atom stereocenters. The van der Waals surface area contributed by atoms with Crippen molar-refractivity contribution in [1.29, 1.82) is 0 Å². The summed E-state index contributed by atoms with van der Waals surface area (Å²) in [5, 5.41) is 0. The minimum absolute atomic E-state index is 0.589. The third-order valence-corrected chi connectivity index (χ3v) is 2.67. The Balaban J connectivity index is 2.26. The molecule has 3 nitrogen and oxygen atoms in total. The Morgan fingerprint density at radius 1 is 1.12 bits per heavy atom. The fourth-order valence-electron chi connectivity index (χ4n) is 1.57. The van der Waals surface area contributed by atoms with Gasteiger partial charge in [-0.05, 0) is 31.2 Å². The fourth-order valence-corrected chi connectivity index (χ4v) is 1.57. The van der Waals surface area contributed by atoms with E-state index in [-0.39, 0.29) is 0 Å². The Bertz CT molecular complexity index is 503. The first-order valence-electron chi connectivity index (χ1n) is 5.42. The number of benzene rings is 1. The molecule has 0 aliphatic rings. The average molecular weight is 226 g/mol. The predicted octanol–water partition coefficient (Wildman–Crippen LogP) is 2.97. The zero-order valence-corrected chi connectivity index (χ0v) is 9.92. The second-order valence-corrected chi connectivity index (χ2v) is 3.96. The summed E-state index contributed by atoms with van der Waals surface area (Å²) in [7, 11) is 1.95. The Morgan fingerprint density at radius 2 is 1.82 bits per heavy atom. The predicted molar refractivity (Wildman–Crippen MR) is 68.9 cm³/mol. The number of carbonyl (C=O) groups excluding carboxylic acids is 1. The summed E-state index contributed by atoms with van der Waals surface area (Å²) < 4.78 is 0. The molecule has 1 aromatic heterocycles. The van der Waals surface area contributed by atoms with Crippen molar-refractivity contribution in [3.8, 4) is 0 Å². The van der Waals surface area contributed by atoms with Gasteiger partial charge in [0.1, 0.15) is 5.82 Å². The molecular formula is C14H14N2O. The normalized spacial score (nSPS) is 10.0. The summed E-state index contributed by atoms with van der Waals surface area (Å²) in [5.74, 6) is 0.819. The number of hydrogen-bond acceptors (Lipinski definition) is 3. The molecule has 0 fully saturated rings. The first-order valence-corrected chi connectivity index (χ1v) is 5.42. The summed E-state index contributed by atoms with van der Waals surface area (Å²) in [6.45, 7) is 2.06. The van der Waals surface area contributed by atoms with E-state index >= 15 is 0 Å². The summed E-state index contributed by atoms with van der Waals surface area (Å²) in [4.78, 5) is 16.8. The molecule has 0 N–H and O–H groups in total. The molecule has 17 heavy (non-hydrogen) atoms. The largest absolute Gasteiger partial charge is 0.329 e. The Kier molecular flexibility index (Phi) is 3.19. The van der Waals surface area contributed by atoms with Crippen LogP contribution in [-0.2, 0) is 0 Å². The second kappa shape index (κ2) is 4.78. The van der Waals surface area contributed by atoms with E-state index in [1.54, 1.807) is 12.3 Å². The molecule has 3 heteroatoms. The summed E-state index contributed by atoms with van der Waals surface area (Å²) in [6.07, 6.45) is 2.37. The van der Waals surface area contributed by atoms with Gasteiger partial charge in [0.15, 0.2) is 6.29 Å². The van der Waals surface area contributed by atoms with Crippen molar-refractivity contribution in [1.82, 2.24) is 4.98 Å². The number of aryl methyl sites for hydroxylation is 1. The summed E-state index contributed by atoms with van der Waals surface area (Å²) >= 11 is 0. The third kappa shape index (κ3) is 2.50. The highest BCUT2D eigenvalue weighted by Crippen LogP contribution is 2.21. The highest BCUT2D eigenvalue weighted by molar-refractivity contribution is 5.75. The number of nitrogens with zero attached hydrogens (tertiary/aromatic N) is 2. The number of carbonyl (C=O) groups is 1. The van der Waals surface area contributed by atoms with Crippen LogP contribution >= 0.6 is 0 Å². The van der Waals surface area contributed by atoms with Crippen LogP contribution in [0.1, 0.15) is 15.9 Å². The Hall–Kier alpha value is -2.16. The van der Waals surface area contributed by atoms with Crippen LogP contribution in [0.4, 0.5) is 11.5 Å². The van der Waals surface area contributed by atoms with Crippen LogP contribution in [-0.4, -0.2) is 18.3 Å². The smallest absolute Gasteiger partial charge is 0.151 e. The quantitative estimate of drug-likeness (QED) is 0.754. The van der Waals surface area contributed by atoms with Gasteiger partial charge in [-0.1, -0.05) is 17.7 Å². The third-order valence-electron chi connectivity index (χ3n) is 2.67. The Labute approximate surface area is 101 Å². The summed E-state index contributed by atoms with van der Waals surface area (Å²) in [6, 6.07) is 11.8. The highest BCUT2D eigenvalue weighted by Gasteiger charge is 2.04. The molecule has 0 aliphatic heterocycles. The summed E-state index contributed by atoms with van der Waals surface area (Å²) in [5.41, 5.74) is 2.89. The molecule has 0 amide bonds. The molecule has 1 aromatic carbocycles. The molecule has 86 valence electrons. The van der Waals surface area contributed by atoms with E-state index in [0.717, 1.165) is 17.8 Å². The lowest BCUT2D eigenvalue weighted by Crippen LogP contribution is -2.10. The maximum Gasteiger partial charge on any atom is 0.151 e. The van der Waals surface area contributed by atoms with E-state index in [9.17, 15) is 4.79 Å². The van der Waals surface area contributed by atoms with Crippen molar-refractivity contribution in [2.24, 2.45) is 0 Å². The molecule has 1 heterocycles. The number of hydrogen-bond donors (Lipinski definition) is 0. The van der Waals surface area contributed by atoms with Crippen LogP contribution in [0.5, 0.6) is 0 Å². The zero-order chi connectivity index (χ0) is 12.3. The van der Waals surface area contributed by atoms with Crippen LogP contribution in [0.25, 0.3) is 0 Å². The van der Waals surface area contributed by atoms with Crippen molar-refractivity contribution in [3.05, 3.63) is 53.7 Å². The molecule has 0 bridgehead atoms. The Morgan fingerprint density at radius 3 is 2.35 bits per heavy atom. The molecule has 0 saturated carbocycles. The topological polar surface area (TPSA) is 33.2 Å². The van der Waals surface area contributed by atoms with Crippen LogP contribution in [0.2, 0.25) is 0 Å². The van der Waals surface area contributed by atoms with Crippen molar-refractivity contribution in [3.63, 3.8) is 0 Å². The highest BCUT2D eigenvalue weighted by atomic mass is 16.1. The van der Waals surface area contributed by atoms with Gasteiger partial charge >= 0.3 is 0 Å². The lowest BCUT2D eigenvalue weighted by Gasteiger charge is -2.18. The van der Waals surface area contributed by atoms with Gasteiger partial charge in [-0.15, -0.1) is 0 Å². The zero-order valence-electron chi connectivity index (χ0n) is 9.92. The molecule has 0 radical (unpaired) electrons. The first-order chi connectivity index (χ1) is 8.20. The van der Waals surface area contributed by atoms with E-state index in [0.29, 0.717) is 5.56 Å². The van der Waals surface area contributed by atoms with E-state index in [1.807, 2.05) is 30.1 Å². The lowest BCUT2D eigenvalue weighted by atomic mass is 10.2. The van der Waals surface area contributed by atoms with Crippen LogP contribution < -0.4 is 4.90 Å². The molecular weight excluding hydrogens is 212 g/mol. The van der Waals surface area contributed by atoms with Gasteiger partial charge in [0.05, 0.1) is 0 Å². The second-order valence-electron chi connectivity index (χ2n) is 3.96. The lowest BCUT2D eigenvalue weighted by molar-refractivity contribution is 0.112. The molecule has 0 atom stereocenters. The standard InChI is InChI=1S/C14H14N2O/c1-11-3-6-13(7-4-11)16(2)14-8-5-12(10-17)9-15-14/h3-10H,1-2H3. The van der Waals surface area contributed by atoms with Gasteiger partial charge in [-0.2, -0.15) is 0 Å². The number of anilines is 2. The number of aldehydes is 1. The number of aromatic nitrogens is 1. The van der Waals surface area contributed by atoms with Crippen LogP contribution in [0.3, 0.4) is 0 Å². The van der Waals surface area contributed by atoms with Crippen molar-refractivity contribution < 1.29 is 4.79 Å². The van der Waals surface area contributed by atoms with Crippen molar-refractivity contribution in [2.75, 3.05) is 11.9 Å². The monoisotopic (exact) mass is 226 g/mol. The van der Waals surface area contributed by atoms with E-state index < -0.39 is 0 Å². The number of rotatable bonds is 3. The van der Waals surface area contributed by atoms with Gasteiger partial charge in [-0.25, -0.2) is 4.98 Å². The maximum absolute atomic E-state index is 10.5.